The Bertz CT molecular complexity index is 760. The first-order chi connectivity index (χ1) is 10.5. The summed E-state index contributed by atoms with van der Waals surface area (Å²) in [6.07, 6.45) is 16.3. The van der Waals surface area contributed by atoms with Gasteiger partial charge in [0.2, 0.25) is 0 Å². The Morgan fingerprint density at radius 3 is 2.36 bits per heavy atom. The predicted molar refractivity (Wildman–Crippen MR) is 89.9 cm³/mol. The zero-order valence-corrected chi connectivity index (χ0v) is 13.2. The van der Waals surface area contributed by atoms with Crippen LogP contribution in [0.4, 0.5) is 0 Å². The number of benzene rings is 1. The molecule has 0 saturated carbocycles. The van der Waals surface area contributed by atoms with Crippen LogP contribution in [-0.4, -0.2) is 19.5 Å². The Balaban J connectivity index is 2.10. The average molecular weight is 313 g/mol. The standard InChI is InChI=1S/C18H19NO2S/c1-22(20,21)18(13-7-8-14-19-18)17-12-6-5-11-16(17)15-9-3-2-4-10-15/h2-14,16-17,19H,1H3. The van der Waals surface area contributed by atoms with Crippen molar-refractivity contribution in [3.63, 3.8) is 0 Å². The van der Waals surface area contributed by atoms with Gasteiger partial charge < -0.3 is 5.32 Å². The molecule has 3 nitrogen and oxygen atoms in total. The minimum atomic E-state index is -3.36. The maximum Gasteiger partial charge on any atom is 0.175 e. The first kappa shape index (κ1) is 14.9. The number of hydrogen-bond donors (Lipinski definition) is 1. The van der Waals surface area contributed by atoms with E-state index in [1.807, 2.05) is 54.6 Å². The molecule has 1 N–H and O–H groups in total. The van der Waals surface area contributed by atoms with Gasteiger partial charge in [0, 0.05) is 18.1 Å². The molecule has 3 unspecified atom stereocenters. The Kier molecular flexibility index (Phi) is 3.79. The molecule has 114 valence electrons. The van der Waals surface area contributed by atoms with Crippen LogP contribution < -0.4 is 5.32 Å². The first-order valence-corrected chi connectivity index (χ1v) is 9.15. The summed E-state index contributed by atoms with van der Waals surface area (Å²) in [5, 5.41) is 3.10. The highest BCUT2D eigenvalue weighted by Gasteiger charge is 2.48. The largest absolute Gasteiger partial charge is 0.369 e. The van der Waals surface area contributed by atoms with Crippen molar-refractivity contribution in [1.82, 2.24) is 5.32 Å². The second-order valence-corrected chi connectivity index (χ2v) is 7.88. The fourth-order valence-corrected chi connectivity index (χ4v) is 4.50. The van der Waals surface area contributed by atoms with Crippen LogP contribution in [0.5, 0.6) is 0 Å². The Labute approximate surface area is 131 Å². The quantitative estimate of drug-likeness (QED) is 0.933. The lowest BCUT2D eigenvalue weighted by Gasteiger charge is -2.41. The molecule has 1 aromatic rings. The van der Waals surface area contributed by atoms with Crippen molar-refractivity contribution in [2.45, 2.75) is 10.8 Å². The molecule has 0 fully saturated rings. The summed E-state index contributed by atoms with van der Waals surface area (Å²) >= 11 is 0. The lowest BCUT2D eigenvalue weighted by atomic mass is 9.78. The smallest absolute Gasteiger partial charge is 0.175 e. The van der Waals surface area contributed by atoms with Crippen LogP contribution >= 0.6 is 0 Å². The first-order valence-electron chi connectivity index (χ1n) is 7.26. The van der Waals surface area contributed by atoms with E-state index in [0.29, 0.717) is 0 Å². The highest BCUT2D eigenvalue weighted by atomic mass is 32.2. The van der Waals surface area contributed by atoms with Crippen LogP contribution in [0.3, 0.4) is 0 Å². The van der Waals surface area contributed by atoms with Crippen molar-refractivity contribution in [1.29, 1.82) is 0 Å². The number of dihydropyridines is 1. The number of nitrogens with one attached hydrogen (secondary N) is 1. The molecule has 0 saturated heterocycles. The Morgan fingerprint density at radius 2 is 1.73 bits per heavy atom. The van der Waals surface area contributed by atoms with Gasteiger partial charge in [-0.25, -0.2) is 8.42 Å². The van der Waals surface area contributed by atoms with E-state index in [1.54, 1.807) is 18.4 Å². The fourth-order valence-electron chi connectivity index (χ4n) is 3.18. The molecular weight excluding hydrogens is 294 g/mol. The molecule has 1 aliphatic carbocycles. The maximum atomic E-state index is 12.6. The molecule has 1 heterocycles. The molecule has 22 heavy (non-hydrogen) atoms. The third-order valence-electron chi connectivity index (χ3n) is 4.29. The number of hydrogen-bond acceptors (Lipinski definition) is 3. The second-order valence-electron chi connectivity index (χ2n) is 5.66. The monoisotopic (exact) mass is 313 g/mol. The third-order valence-corrected chi connectivity index (χ3v) is 6.04. The van der Waals surface area contributed by atoms with Crippen molar-refractivity contribution in [2.75, 3.05) is 6.26 Å². The van der Waals surface area contributed by atoms with Gasteiger partial charge in [-0.15, -0.1) is 0 Å². The molecule has 0 amide bonds. The average Bonchev–Trinajstić information content (AvgIpc) is 2.55. The van der Waals surface area contributed by atoms with E-state index in [4.69, 9.17) is 0 Å². The van der Waals surface area contributed by atoms with Gasteiger partial charge in [0.25, 0.3) is 0 Å². The van der Waals surface area contributed by atoms with Gasteiger partial charge in [0.15, 0.2) is 14.7 Å². The predicted octanol–water partition coefficient (Wildman–Crippen LogP) is 2.93. The van der Waals surface area contributed by atoms with Crippen molar-refractivity contribution >= 4 is 9.84 Å². The molecule has 1 aliphatic heterocycles. The summed E-state index contributed by atoms with van der Waals surface area (Å²) in [7, 11) is -3.36. The van der Waals surface area contributed by atoms with Gasteiger partial charge in [-0.3, -0.25) is 0 Å². The van der Waals surface area contributed by atoms with Crippen LogP contribution in [0, 0.1) is 5.92 Å². The second kappa shape index (κ2) is 5.61. The molecule has 0 aromatic heterocycles. The Hall–Kier alpha value is -2.07. The van der Waals surface area contributed by atoms with Gasteiger partial charge in [-0.1, -0.05) is 60.7 Å². The molecular formula is C18H19NO2S. The van der Waals surface area contributed by atoms with E-state index < -0.39 is 14.7 Å². The molecule has 0 spiro atoms. The summed E-state index contributed by atoms with van der Waals surface area (Å²) < 4.78 is 25.2. The van der Waals surface area contributed by atoms with Crippen LogP contribution in [0.2, 0.25) is 0 Å². The zero-order valence-electron chi connectivity index (χ0n) is 12.4. The summed E-state index contributed by atoms with van der Waals surface area (Å²) in [4.78, 5) is -1.12. The zero-order chi connectivity index (χ0) is 15.6. The highest BCUT2D eigenvalue weighted by molar-refractivity contribution is 7.92. The van der Waals surface area contributed by atoms with E-state index >= 15 is 0 Å². The lowest BCUT2D eigenvalue weighted by Crippen LogP contribution is -2.55. The van der Waals surface area contributed by atoms with Crippen molar-refractivity contribution in [3.05, 3.63) is 84.6 Å². The summed E-state index contributed by atoms with van der Waals surface area (Å²) in [6.45, 7) is 0. The minimum absolute atomic E-state index is 0.00424. The topological polar surface area (TPSA) is 46.2 Å². The van der Waals surface area contributed by atoms with Gasteiger partial charge in [-0.2, -0.15) is 0 Å². The third kappa shape index (κ3) is 2.44. The van der Waals surface area contributed by atoms with E-state index in [1.165, 1.54) is 6.26 Å². The number of sulfone groups is 1. The van der Waals surface area contributed by atoms with Gasteiger partial charge >= 0.3 is 0 Å². The van der Waals surface area contributed by atoms with Gasteiger partial charge in [0.05, 0.1) is 0 Å². The lowest BCUT2D eigenvalue weighted by molar-refractivity contribution is 0.407. The van der Waals surface area contributed by atoms with E-state index in [2.05, 4.69) is 11.4 Å². The molecule has 1 aromatic carbocycles. The SMILES string of the molecule is CS(=O)(=O)C1(C2C=CC=CC2c2ccccc2)C=CC=CN1. The molecule has 0 bridgehead atoms. The van der Waals surface area contributed by atoms with Crippen LogP contribution in [-0.2, 0) is 9.84 Å². The van der Waals surface area contributed by atoms with E-state index in [0.717, 1.165) is 5.56 Å². The highest BCUT2D eigenvalue weighted by Crippen LogP contribution is 2.41. The molecule has 0 radical (unpaired) electrons. The molecule has 3 rings (SSSR count). The van der Waals surface area contributed by atoms with Crippen molar-refractivity contribution < 1.29 is 8.42 Å². The fraction of sp³-hybridized carbons (Fsp3) is 0.222. The Morgan fingerprint density at radius 1 is 1.00 bits per heavy atom. The summed E-state index contributed by atoms with van der Waals surface area (Å²) in [5.41, 5.74) is 1.11. The van der Waals surface area contributed by atoms with Gasteiger partial charge in [-0.05, 0) is 23.9 Å². The van der Waals surface area contributed by atoms with Crippen LogP contribution in [0.25, 0.3) is 0 Å². The number of rotatable bonds is 3. The molecule has 2 aliphatic rings. The maximum absolute atomic E-state index is 12.6. The molecule has 4 heteroatoms. The van der Waals surface area contributed by atoms with E-state index in [-0.39, 0.29) is 11.8 Å². The summed E-state index contributed by atoms with van der Waals surface area (Å²) in [5.74, 6) is -0.208. The normalized spacial score (nSPS) is 30.2. The minimum Gasteiger partial charge on any atom is -0.369 e. The van der Waals surface area contributed by atoms with Crippen LogP contribution in [0.15, 0.2) is 79.1 Å². The number of allylic oxidation sites excluding steroid dienone is 5. The van der Waals surface area contributed by atoms with Crippen molar-refractivity contribution in [3.8, 4) is 0 Å². The van der Waals surface area contributed by atoms with Gasteiger partial charge in [0.1, 0.15) is 0 Å². The van der Waals surface area contributed by atoms with E-state index in [9.17, 15) is 8.42 Å². The van der Waals surface area contributed by atoms with Crippen molar-refractivity contribution in [2.24, 2.45) is 5.92 Å². The molecule has 3 atom stereocenters. The van der Waals surface area contributed by atoms with Crippen LogP contribution in [0.1, 0.15) is 11.5 Å². The summed E-state index contributed by atoms with van der Waals surface area (Å²) in [6, 6.07) is 10.0.